The lowest BCUT2D eigenvalue weighted by molar-refractivity contribution is -0.0498. The first-order valence-corrected chi connectivity index (χ1v) is 10.5. The molecule has 0 aliphatic carbocycles. The molecule has 32 heavy (non-hydrogen) atoms. The number of ether oxygens (including phenoxy) is 3. The molecular weight excluding hydrogens is 440 g/mol. The van der Waals surface area contributed by atoms with Gasteiger partial charge in [-0.2, -0.15) is 13.9 Å². The van der Waals surface area contributed by atoms with Crippen molar-refractivity contribution < 1.29 is 28.1 Å². The minimum Gasteiger partial charge on any atom is -0.502 e. The summed E-state index contributed by atoms with van der Waals surface area (Å²) < 4.78 is 41.3. The summed E-state index contributed by atoms with van der Waals surface area (Å²) in [6.07, 6.45) is 1.59. The maximum atomic E-state index is 12.4. The topological polar surface area (TPSA) is 77.6 Å². The fourth-order valence-electron chi connectivity index (χ4n) is 2.84. The molecule has 0 aliphatic rings. The molecule has 0 unspecified atom stereocenters. The Morgan fingerprint density at radius 3 is 2.22 bits per heavy atom. The molecule has 3 aromatic rings. The molecule has 1 heterocycles. The van der Waals surface area contributed by atoms with Crippen molar-refractivity contribution in [2.45, 2.75) is 26.5 Å². The summed E-state index contributed by atoms with van der Waals surface area (Å²) in [7, 11) is 2.89. The van der Waals surface area contributed by atoms with Crippen molar-refractivity contribution in [3.05, 3.63) is 52.1 Å². The second-order valence-electron chi connectivity index (χ2n) is 6.86. The van der Waals surface area contributed by atoms with Crippen LogP contribution in [0.15, 0.2) is 51.9 Å². The highest BCUT2D eigenvalue weighted by Gasteiger charge is 2.12. The fraction of sp³-hybridized carbons (Fsp3) is 0.273. The van der Waals surface area contributed by atoms with Gasteiger partial charge in [-0.25, -0.2) is 4.68 Å². The molecule has 0 aliphatic heterocycles. The molecule has 170 valence electrons. The second kappa shape index (κ2) is 10.3. The van der Waals surface area contributed by atoms with E-state index in [1.54, 1.807) is 35.2 Å². The van der Waals surface area contributed by atoms with Gasteiger partial charge in [-0.05, 0) is 50.2 Å². The van der Waals surface area contributed by atoms with Crippen molar-refractivity contribution in [2.75, 3.05) is 14.2 Å². The van der Waals surface area contributed by atoms with Crippen LogP contribution in [0.2, 0.25) is 0 Å². The maximum absolute atomic E-state index is 12.4. The molecule has 2 aromatic carbocycles. The SMILES string of the molecule is COc1cc(C=Nn2c(-c3ccc(OC(F)F)cc3)csc2=NC(C)C)cc(OC)c1O. The van der Waals surface area contributed by atoms with E-state index in [1.165, 1.54) is 37.7 Å². The van der Waals surface area contributed by atoms with Crippen molar-refractivity contribution in [1.82, 2.24) is 4.68 Å². The van der Waals surface area contributed by atoms with Crippen LogP contribution < -0.4 is 19.0 Å². The smallest absolute Gasteiger partial charge is 0.387 e. The Kier molecular flexibility index (Phi) is 7.47. The van der Waals surface area contributed by atoms with Crippen molar-refractivity contribution in [3.8, 4) is 34.3 Å². The van der Waals surface area contributed by atoms with Gasteiger partial charge in [0.1, 0.15) is 5.75 Å². The second-order valence-corrected chi connectivity index (χ2v) is 7.70. The zero-order valence-electron chi connectivity index (χ0n) is 18.0. The van der Waals surface area contributed by atoms with Crippen molar-refractivity contribution in [3.63, 3.8) is 0 Å². The van der Waals surface area contributed by atoms with Crippen LogP contribution in [0.25, 0.3) is 11.3 Å². The molecule has 0 amide bonds. The van der Waals surface area contributed by atoms with Crippen LogP contribution in [0.5, 0.6) is 23.0 Å². The zero-order chi connectivity index (χ0) is 23.3. The highest BCUT2D eigenvalue weighted by atomic mass is 32.1. The van der Waals surface area contributed by atoms with Gasteiger partial charge >= 0.3 is 6.61 Å². The number of nitrogens with zero attached hydrogens (tertiary/aromatic N) is 3. The minimum absolute atomic E-state index is 0.0404. The number of phenols is 1. The van der Waals surface area contributed by atoms with Crippen molar-refractivity contribution >= 4 is 17.6 Å². The Morgan fingerprint density at radius 2 is 1.69 bits per heavy atom. The normalized spacial score (nSPS) is 12.2. The van der Waals surface area contributed by atoms with E-state index < -0.39 is 6.61 Å². The standard InChI is InChI=1S/C22H23F2N3O4S/c1-13(2)26-22-27(25-11-14-9-18(29-3)20(28)19(10-14)30-4)17(12-32-22)15-5-7-16(8-6-15)31-21(23)24/h5-13,21,28H,1-4H3. The molecule has 0 radical (unpaired) electrons. The molecule has 1 N–H and O–H groups in total. The summed E-state index contributed by atoms with van der Waals surface area (Å²) >= 11 is 1.41. The largest absolute Gasteiger partial charge is 0.502 e. The quantitative estimate of drug-likeness (QED) is 0.490. The van der Waals surface area contributed by atoms with Crippen LogP contribution in [0.1, 0.15) is 19.4 Å². The fourth-order valence-corrected chi connectivity index (χ4v) is 3.81. The number of phenolic OH excluding ortho intramolecular Hbond substituents is 1. The van der Waals surface area contributed by atoms with Gasteiger partial charge < -0.3 is 19.3 Å². The third kappa shape index (κ3) is 5.44. The number of thiazole rings is 1. The molecule has 0 bridgehead atoms. The number of alkyl halides is 2. The van der Waals surface area contributed by atoms with E-state index in [9.17, 15) is 13.9 Å². The van der Waals surface area contributed by atoms with Crippen LogP contribution in [-0.2, 0) is 0 Å². The van der Waals surface area contributed by atoms with Gasteiger partial charge in [0.15, 0.2) is 11.5 Å². The van der Waals surface area contributed by atoms with E-state index in [0.29, 0.717) is 10.4 Å². The monoisotopic (exact) mass is 463 g/mol. The summed E-state index contributed by atoms with van der Waals surface area (Å²) in [5.41, 5.74) is 2.12. The number of halogens is 2. The first kappa shape index (κ1) is 23.3. The van der Waals surface area contributed by atoms with E-state index in [4.69, 9.17) is 9.47 Å². The average Bonchev–Trinajstić information content (AvgIpc) is 3.14. The van der Waals surface area contributed by atoms with Crippen molar-refractivity contribution in [1.29, 1.82) is 0 Å². The van der Waals surface area contributed by atoms with E-state index in [0.717, 1.165) is 11.3 Å². The van der Waals surface area contributed by atoms with Gasteiger partial charge in [0.2, 0.25) is 10.6 Å². The number of benzene rings is 2. The first-order valence-electron chi connectivity index (χ1n) is 9.61. The lowest BCUT2D eigenvalue weighted by Crippen LogP contribution is -2.14. The summed E-state index contributed by atoms with van der Waals surface area (Å²) in [6.45, 7) is 1.03. The van der Waals surface area contributed by atoms with Gasteiger partial charge in [0, 0.05) is 22.5 Å². The molecular formula is C22H23F2N3O4S. The number of rotatable bonds is 8. The summed E-state index contributed by atoms with van der Waals surface area (Å²) in [6, 6.07) is 9.60. The predicted octanol–water partition coefficient (Wildman–Crippen LogP) is 4.73. The van der Waals surface area contributed by atoms with Gasteiger partial charge in [-0.3, -0.25) is 4.99 Å². The zero-order valence-corrected chi connectivity index (χ0v) is 18.8. The van der Waals surface area contributed by atoms with E-state index in [-0.39, 0.29) is 29.0 Å². The van der Waals surface area contributed by atoms with Crippen LogP contribution in [0.3, 0.4) is 0 Å². The molecule has 0 spiro atoms. The number of methoxy groups -OCH3 is 2. The number of aromatic hydroxyl groups is 1. The molecule has 0 saturated carbocycles. The Balaban J connectivity index is 2.05. The van der Waals surface area contributed by atoms with Crippen LogP contribution >= 0.6 is 11.3 Å². The Labute approximate surface area is 187 Å². The summed E-state index contributed by atoms with van der Waals surface area (Å²) in [4.78, 5) is 5.27. The lowest BCUT2D eigenvalue weighted by atomic mass is 10.2. The molecule has 3 rings (SSSR count). The summed E-state index contributed by atoms with van der Waals surface area (Å²) in [5, 5.41) is 16.6. The molecule has 1 aromatic heterocycles. The lowest BCUT2D eigenvalue weighted by Gasteiger charge is -2.09. The highest BCUT2D eigenvalue weighted by molar-refractivity contribution is 7.07. The maximum Gasteiger partial charge on any atom is 0.387 e. The minimum atomic E-state index is -2.88. The molecule has 0 atom stereocenters. The molecule has 0 saturated heterocycles. The molecule has 7 nitrogen and oxygen atoms in total. The van der Waals surface area contributed by atoms with E-state index >= 15 is 0 Å². The Bertz CT molecular complexity index is 1130. The predicted molar refractivity (Wildman–Crippen MR) is 119 cm³/mol. The van der Waals surface area contributed by atoms with Gasteiger partial charge in [0.05, 0.1) is 26.1 Å². The number of aromatic nitrogens is 1. The number of hydrogen-bond donors (Lipinski definition) is 1. The Morgan fingerprint density at radius 1 is 1.06 bits per heavy atom. The van der Waals surface area contributed by atoms with Crippen LogP contribution in [-0.4, -0.2) is 42.9 Å². The summed E-state index contributed by atoms with van der Waals surface area (Å²) in [5.74, 6) is 0.480. The Hall–Kier alpha value is -3.40. The van der Waals surface area contributed by atoms with Gasteiger partial charge in [-0.1, -0.05) is 0 Å². The molecule has 10 heteroatoms. The third-order valence-electron chi connectivity index (χ3n) is 4.25. The van der Waals surface area contributed by atoms with Crippen LogP contribution in [0.4, 0.5) is 8.78 Å². The van der Waals surface area contributed by atoms with Gasteiger partial charge in [0.25, 0.3) is 0 Å². The highest BCUT2D eigenvalue weighted by Crippen LogP contribution is 2.36. The third-order valence-corrected chi connectivity index (χ3v) is 5.08. The average molecular weight is 464 g/mol. The van der Waals surface area contributed by atoms with E-state index in [2.05, 4.69) is 14.8 Å². The van der Waals surface area contributed by atoms with Crippen molar-refractivity contribution in [2.24, 2.45) is 10.1 Å². The van der Waals surface area contributed by atoms with Gasteiger partial charge in [-0.15, -0.1) is 11.3 Å². The molecule has 0 fully saturated rings. The van der Waals surface area contributed by atoms with Crippen LogP contribution in [0, 0.1) is 0 Å². The first-order chi connectivity index (χ1) is 15.3. The number of hydrogen-bond acceptors (Lipinski definition) is 7. The van der Waals surface area contributed by atoms with E-state index in [1.807, 2.05) is 19.2 Å².